The summed E-state index contributed by atoms with van der Waals surface area (Å²) in [6, 6.07) is 1.87. The van der Waals surface area contributed by atoms with Crippen LogP contribution in [0.3, 0.4) is 0 Å². The number of piperidine rings is 1. The Kier molecular flexibility index (Phi) is 3.94. The first-order valence-electron chi connectivity index (χ1n) is 9.51. The molecule has 5 rings (SSSR count). The molecule has 28 heavy (non-hydrogen) atoms. The number of hydrogen-bond acceptors (Lipinski definition) is 7. The number of halogens is 1. The SMILES string of the molecule is Cc1nnc2c(O)c(-c3cnc(N(C)[C@@H]4CC5CC[C@H](N5)[C@@H]4F)cn3)ccn12. The summed E-state index contributed by atoms with van der Waals surface area (Å²) in [4.78, 5) is 10.8. The summed E-state index contributed by atoms with van der Waals surface area (Å²) in [5.41, 5.74) is 1.44. The van der Waals surface area contributed by atoms with E-state index in [9.17, 15) is 9.50 Å². The number of aryl methyl sites for hydroxylation is 1. The molecular formula is C19H22FN7O. The Bertz CT molecular complexity index is 1020. The molecule has 0 radical (unpaired) electrons. The number of fused-ring (bicyclic) bond motifs is 3. The van der Waals surface area contributed by atoms with Crippen LogP contribution in [0.4, 0.5) is 10.2 Å². The van der Waals surface area contributed by atoms with Crippen LogP contribution in [0.2, 0.25) is 0 Å². The molecule has 2 N–H and O–H groups in total. The Labute approximate surface area is 161 Å². The quantitative estimate of drug-likeness (QED) is 0.713. The zero-order valence-electron chi connectivity index (χ0n) is 15.7. The van der Waals surface area contributed by atoms with Gasteiger partial charge < -0.3 is 15.3 Å². The van der Waals surface area contributed by atoms with E-state index in [2.05, 4.69) is 25.5 Å². The van der Waals surface area contributed by atoms with Crippen molar-refractivity contribution in [3.8, 4) is 17.0 Å². The van der Waals surface area contributed by atoms with Crippen molar-refractivity contribution in [3.05, 3.63) is 30.5 Å². The van der Waals surface area contributed by atoms with E-state index in [0.717, 1.165) is 19.3 Å². The molecule has 0 saturated carbocycles. The van der Waals surface area contributed by atoms with Crippen LogP contribution in [0.1, 0.15) is 25.1 Å². The summed E-state index contributed by atoms with van der Waals surface area (Å²) in [7, 11) is 1.87. The maximum Gasteiger partial charge on any atom is 0.203 e. The highest BCUT2D eigenvalue weighted by molar-refractivity contribution is 5.74. The standard InChI is InChI=1S/C19H22FN7O/c1-10-24-25-19-18(28)12(5-6-27(10)19)14-8-22-16(9-21-14)26(2)15-7-11-3-4-13(23-11)17(15)20/h5-6,8-9,11,13,15,17,23,28H,3-4,7H2,1-2H3/t11?,13-,15+,17-/m0/s1. The number of rotatable bonds is 3. The molecule has 2 aliphatic heterocycles. The van der Waals surface area contributed by atoms with E-state index in [4.69, 9.17) is 0 Å². The molecule has 5 heterocycles. The van der Waals surface area contributed by atoms with E-state index in [0.29, 0.717) is 34.6 Å². The van der Waals surface area contributed by atoms with Crippen molar-refractivity contribution in [2.45, 2.75) is 50.5 Å². The molecule has 9 heteroatoms. The maximum atomic E-state index is 14.8. The smallest absolute Gasteiger partial charge is 0.203 e. The van der Waals surface area contributed by atoms with Crippen LogP contribution in [-0.2, 0) is 0 Å². The van der Waals surface area contributed by atoms with Gasteiger partial charge in [-0.15, -0.1) is 10.2 Å². The molecule has 2 bridgehead atoms. The van der Waals surface area contributed by atoms with Gasteiger partial charge in [0.15, 0.2) is 5.75 Å². The van der Waals surface area contributed by atoms with Crippen LogP contribution in [-0.4, -0.2) is 61.0 Å². The summed E-state index contributed by atoms with van der Waals surface area (Å²) in [5.74, 6) is 1.32. The van der Waals surface area contributed by atoms with Crippen molar-refractivity contribution >= 4 is 11.5 Å². The molecule has 146 valence electrons. The molecule has 3 aromatic rings. The van der Waals surface area contributed by atoms with Gasteiger partial charge in [-0.05, 0) is 32.3 Å². The number of aromatic hydroxyl groups is 1. The first-order valence-corrected chi connectivity index (χ1v) is 9.51. The largest absolute Gasteiger partial charge is 0.504 e. The molecule has 2 saturated heterocycles. The highest BCUT2D eigenvalue weighted by atomic mass is 19.1. The molecule has 8 nitrogen and oxygen atoms in total. The third-order valence-corrected chi connectivity index (χ3v) is 6.05. The number of anilines is 1. The van der Waals surface area contributed by atoms with Crippen LogP contribution in [0.25, 0.3) is 16.9 Å². The zero-order chi connectivity index (χ0) is 19.4. The van der Waals surface area contributed by atoms with Crippen molar-refractivity contribution in [2.75, 3.05) is 11.9 Å². The van der Waals surface area contributed by atoms with E-state index in [1.165, 1.54) is 0 Å². The Balaban J connectivity index is 1.42. The fraction of sp³-hybridized carbons (Fsp3) is 0.474. The molecule has 0 spiro atoms. The van der Waals surface area contributed by atoms with E-state index in [1.807, 2.05) is 18.9 Å². The molecule has 2 fully saturated rings. The number of nitrogens with one attached hydrogen (secondary N) is 1. The van der Waals surface area contributed by atoms with Crippen molar-refractivity contribution in [3.63, 3.8) is 0 Å². The van der Waals surface area contributed by atoms with Crippen LogP contribution < -0.4 is 10.2 Å². The van der Waals surface area contributed by atoms with E-state index in [1.54, 1.807) is 29.1 Å². The number of hydrogen-bond donors (Lipinski definition) is 2. The first-order chi connectivity index (χ1) is 13.5. The molecule has 1 unspecified atom stereocenters. The second kappa shape index (κ2) is 6.37. The van der Waals surface area contributed by atoms with E-state index in [-0.39, 0.29) is 17.8 Å². The minimum Gasteiger partial charge on any atom is -0.504 e. The van der Waals surface area contributed by atoms with E-state index >= 15 is 0 Å². The van der Waals surface area contributed by atoms with Crippen molar-refractivity contribution in [1.82, 2.24) is 29.9 Å². The molecule has 3 aromatic heterocycles. The summed E-state index contributed by atoms with van der Waals surface area (Å²) >= 11 is 0. The van der Waals surface area contributed by atoms with Gasteiger partial charge in [-0.3, -0.25) is 9.38 Å². The van der Waals surface area contributed by atoms with E-state index < -0.39 is 6.17 Å². The van der Waals surface area contributed by atoms with Gasteiger partial charge in [-0.25, -0.2) is 9.37 Å². The molecule has 0 aromatic carbocycles. The predicted octanol–water partition coefficient (Wildman–Crippen LogP) is 1.87. The number of alkyl halides is 1. The lowest BCUT2D eigenvalue weighted by atomic mass is 9.96. The summed E-state index contributed by atoms with van der Waals surface area (Å²) < 4.78 is 16.5. The molecule has 4 atom stereocenters. The van der Waals surface area contributed by atoms with Crippen LogP contribution in [0.15, 0.2) is 24.7 Å². The second-order valence-corrected chi connectivity index (χ2v) is 7.68. The number of pyridine rings is 1. The topological polar surface area (TPSA) is 91.5 Å². The van der Waals surface area contributed by atoms with Gasteiger partial charge >= 0.3 is 0 Å². The normalized spacial score (nSPS) is 26.7. The fourth-order valence-corrected chi connectivity index (χ4v) is 4.43. The van der Waals surface area contributed by atoms with Crippen LogP contribution in [0, 0.1) is 6.92 Å². The number of aromatic nitrogens is 5. The minimum absolute atomic E-state index is 0.0113. The summed E-state index contributed by atoms with van der Waals surface area (Å²) in [6.45, 7) is 1.81. The molecule has 0 aliphatic carbocycles. The predicted molar refractivity (Wildman–Crippen MR) is 102 cm³/mol. The lowest BCUT2D eigenvalue weighted by Gasteiger charge is -2.38. The van der Waals surface area contributed by atoms with Gasteiger partial charge in [0, 0.05) is 30.9 Å². The molecule has 0 amide bonds. The highest BCUT2D eigenvalue weighted by Gasteiger charge is 2.43. The van der Waals surface area contributed by atoms with Crippen molar-refractivity contribution < 1.29 is 9.50 Å². The van der Waals surface area contributed by atoms with Gasteiger partial charge in [0.25, 0.3) is 0 Å². The molecular weight excluding hydrogens is 361 g/mol. The molecule has 2 aliphatic rings. The maximum absolute atomic E-state index is 14.8. The highest BCUT2D eigenvalue weighted by Crippen LogP contribution is 2.34. The monoisotopic (exact) mass is 383 g/mol. The fourth-order valence-electron chi connectivity index (χ4n) is 4.43. The van der Waals surface area contributed by atoms with Crippen LogP contribution in [0.5, 0.6) is 5.75 Å². The Morgan fingerprint density at radius 3 is 2.89 bits per heavy atom. The Morgan fingerprint density at radius 1 is 1.25 bits per heavy atom. The summed E-state index contributed by atoms with van der Waals surface area (Å²) in [6.07, 6.45) is 6.79. The minimum atomic E-state index is -0.923. The number of nitrogens with zero attached hydrogens (tertiary/aromatic N) is 6. The van der Waals surface area contributed by atoms with Gasteiger partial charge in [0.1, 0.15) is 17.8 Å². The lowest BCUT2D eigenvalue weighted by molar-refractivity contribution is 0.176. The third-order valence-electron chi connectivity index (χ3n) is 6.05. The second-order valence-electron chi connectivity index (χ2n) is 7.68. The Morgan fingerprint density at radius 2 is 2.11 bits per heavy atom. The summed E-state index contributed by atoms with van der Waals surface area (Å²) in [5, 5.41) is 21.9. The van der Waals surface area contributed by atoms with Crippen molar-refractivity contribution in [2.24, 2.45) is 0 Å². The average Bonchev–Trinajstić information content (AvgIpc) is 3.29. The zero-order valence-corrected chi connectivity index (χ0v) is 15.7. The van der Waals surface area contributed by atoms with Crippen molar-refractivity contribution in [1.29, 1.82) is 0 Å². The lowest BCUT2D eigenvalue weighted by Crippen LogP contribution is -2.55. The average molecular weight is 383 g/mol. The van der Waals surface area contributed by atoms with Gasteiger partial charge in [-0.2, -0.15) is 0 Å². The van der Waals surface area contributed by atoms with Gasteiger partial charge in [0.2, 0.25) is 5.65 Å². The van der Waals surface area contributed by atoms with Crippen LogP contribution >= 0.6 is 0 Å². The van der Waals surface area contributed by atoms with Gasteiger partial charge in [-0.1, -0.05) is 0 Å². The Hall–Kier alpha value is -2.81. The van der Waals surface area contributed by atoms with Gasteiger partial charge in [0.05, 0.1) is 24.1 Å². The third kappa shape index (κ3) is 2.61. The first kappa shape index (κ1) is 17.3.